The van der Waals surface area contributed by atoms with Crippen LogP contribution < -0.4 is 5.32 Å². The van der Waals surface area contributed by atoms with Crippen molar-refractivity contribution < 1.29 is 9.59 Å². The van der Waals surface area contributed by atoms with Crippen molar-refractivity contribution in [2.75, 3.05) is 32.7 Å². The van der Waals surface area contributed by atoms with Crippen molar-refractivity contribution in [1.82, 2.24) is 25.1 Å². The van der Waals surface area contributed by atoms with Crippen LogP contribution in [-0.2, 0) is 11.2 Å². The zero-order valence-corrected chi connectivity index (χ0v) is 15.0. The lowest BCUT2D eigenvalue weighted by molar-refractivity contribution is -0.131. The average Bonchev–Trinajstić information content (AvgIpc) is 3.11. The monoisotopic (exact) mass is 359 g/mol. The Labute approximate surface area is 150 Å². The first-order chi connectivity index (χ1) is 12.2. The van der Waals surface area contributed by atoms with Crippen LogP contribution in [0, 0.1) is 0 Å². The van der Waals surface area contributed by atoms with Gasteiger partial charge in [0.2, 0.25) is 5.91 Å². The van der Waals surface area contributed by atoms with Gasteiger partial charge in [0, 0.05) is 56.1 Å². The Kier molecular flexibility index (Phi) is 5.60. The van der Waals surface area contributed by atoms with Crippen LogP contribution in [0.3, 0.4) is 0 Å². The summed E-state index contributed by atoms with van der Waals surface area (Å²) in [4.78, 5) is 36.5. The molecular formula is C17H21N5O2S. The van der Waals surface area contributed by atoms with Crippen LogP contribution >= 0.6 is 11.3 Å². The molecule has 3 heterocycles. The highest BCUT2D eigenvalue weighted by Crippen LogP contribution is 2.23. The summed E-state index contributed by atoms with van der Waals surface area (Å²) >= 11 is 1.52. The van der Waals surface area contributed by atoms with E-state index in [-0.39, 0.29) is 18.4 Å². The molecule has 8 heteroatoms. The molecule has 25 heavy (non-hydrogen) atoms. The summed E-state index contributed by atoms with van der Waals surface area (Å²) in [5.74, 6) is 0.0542. The van der Waals surface area contributed by atoms with Gasteiger partial charge in [0.1, 0.15) is 5.01 Å². The van der Waals surface area contributed by atoms with Crippen molar-refractivity contribution in [1.29, 1.82) is 0 Å². The van der Waals surface area contributed by atoms with Crippen molar-refractivity contribution in [2.45, 2.75) is 13.3 Å². The molecule has 0 aromatic carbocycles. The highest BCUT2D eigenvalue weighted by Gasteiger charge is 2.24. The van der Waals surface area contributed by atoms with Crippen molar-refractivity contribution in [3.8, 4) is 10.6 Å². The lowest BCUT2D eigenvalue weighted by Crippen LogP contribution is -2.53. The number of amides is 3. The Morgan fingerprint density at radius 1 is 1.24 bits per heavy atom. The summed E-state index contributed by atoms with van der Waals surface area (Å²) in [6, 6.07) is 3.77. The molecule has 3 rings (SSSR count). The lowest BCUT2D eigenvalue weighted by atomic mass is 10.2. The average molecular weight is 359 g/mol. The van der Waals surface area contributed by atoms with Crippen molar-refractivity contribution in [2.24, 2.45) is 0 Å². The van der Waals surface area contributed by atoms with Gasteiger partial charge in [-0.2, -0.15) is 0 Å². The van der Waals surface area contributed by atoms with E-state index in [0.717, 1.165) is 16.3 Å². The molecule has 2 aromatic rings. The minimum Gasteiger partial charge on any atom is -0.339 e. The van der Waals surface area contributed by atoms with Gasteiger partial charge in [-0.05, 0) is 19.1 Å². The Balaban J connectivity index is 1.54. The number of pyridine rings is 1. The number of hydrogen-bond acceptors (Lipinski definition) is 5. The third kappa shape index (κ3) is 4.33. The number of nitrogens with one attached hydrogen (secondary N) is 1. The highest BCUT2D eigenvalue weighted by atomic mass is 32.1. The molecule has 1 aliphatic rings. The van der Waals surface area contributed by atoms with Crippen LogP contribution in [-0.4, -0.2) is 64.4 Å². The van der Waals surface area contributed by atoms with E-state index in [9.17, 15) is 9.59 Å². The van der Waals surface area contributed by atoms with E-state index < -0.39 is 0 Å². The minimum atomic E-state index is -0.0600. The number of hydrogen-bond donors (Lipinski definition) is 1. The predicted octanol–water partition coefficient (Wildman–Crippen LogP) is 1.62. The van der Waals surface area contributed by atoms with Gasteiger partial charge in [-0.1, -0.05) is 0 Å². The fourth-order valence-corrected chi connectivity index (χ4v) is 3.51. The maximum atomic E-state index is 12.5. The first-order valence-corrected chi connectivity index (χ1v) is 9.20. The highest BCUT2D eigenvalue weighted by molar-refractivity contribution is 7.13. The van der Waals surface area contributed by atoms with Gasteiger partial charge in [-0.3, -0.25) is 9.78 Å². The Morgan fingerprint density at radius 2 is 2.00 bits per heavy atom. The molecule has 0 saturated carbocycles. The van der Waals surface area contributed by atoms with Gasteiger partial charge in [0.25, 0.3) is 0 Å². The Bertz CT molecular complexity index is 726. The second kappa shape index (κ2) is 8.06. The van der Waals surface area contributed by atoms with E-state index >= 15 is 0 Å². The SMILES string of the molecule is CCNC(=O)N1CCN(C(=O)Cc2csc(-c3cccnc3)n2)CC1. The van der Waals surface area contributed by atoms with Crippen LogP contribution in [0.2, 0.25) is 0 Å². The molecule has 1 N–H and O–H groups in total. The molecule has 132 valence electrons. The largest absolute Gasteiger partial charge is 0.339 e. The molecule has 2 aromatic heterocycles. The summed E-state index contributed by atoms with van der Waals surface area (Å²) in [5, 5.41) is 5.58. The number of aromatic nitrogens is 2. The standard InChI is InChI=1S/C17H21N5O2S/c1-2-19-17(24)22-8-6-21(7-9-22)15(23)10-14-12-25-16(20-14)13-4-3-5-18-11-13/h3-5,11-12H,2,6-10H2,1H3,(H,19,24). The van der Waals surface area contributed by atoms with E-state index in [1.54, 1.807) is 22.2 Å². The number of nitrogens with zero attached hydrogens (tertiary/aromatic N) is 4. The summed E-state index contributed by atoms with van der Waals surface area (Å²) in [6.45, 7) is 4.77. The molecule has 3 amide bonds. The molecule has 1 saturated heterocycles. The van der Waals surface area contributed by atoms with Crippen molar-refractivity contribution in [3.05, 3.63) is 35.6 Å². The molecule has 0 radical (unpaired) electrons. The second-order valence-electron chi connectivity index (χ2n) is 5.77. The van der Waals surface area contributed by atoms with Gasteiger partial charge in [0.05, 0.1) is 12.1 Å². The zero-order valence-electron chi connectivity index (χ0n) is 14.1. The van der Waals surface area contributed by atoms with Gasteiger partial charge in [-0.15, -0.1) is 11.3 Å². The van der Waals surface area contributed by atoms with Crippen LogP contribution in [0.1, 0.15) is 12.6 Å². The third-order valence-corrected chi connectivity index (χ3v) is 4.98. The summed E-state index contributed by atoms with van der Waals surface area (Å²) < 4.78 is 0. The topological polar surface area (TPSA) is 78.4 Å². The first-order valence-electron chi connectivity index (χ1n) is 8.32. The number of urea groups is 1. The van der Waals surface area contributed by atoms with Crippen LogP contribution in [0.25, 0.3) is 10.6 Å². The molecule has 1 aliphatic heterocycles. The second-order valence-corrected chi connectivity index (χ2v) is 6.62. The van der Waals surface area contributed by atoms with Crippen LogP contribution in [0.5, 0.6) is 0 Å². The number of carbonyl (C=O) groups excluding carboxylic acids is 2. The molecule has 0 bridgehead atoms. The number of thiazole rings is 1. The van der Waals surface area contributed by atoms with Crippen LogP contribution in [0.15, 0.2) is 29.9 Å². The maximum absolute atomic E-state index is 12.5. The fraction of sp³-hybridized carbons (Fsp3) is 0.412. The fourth-order valence-electron chi connectivity index (χ4n) is 2.70. The summed E-state index contributed by atoms with van der Waals surface area (Å²) in [7, 11) is 0. The molecule has 0 spiro atoms. The lowest BCUT2D eigenvalue weighted by Gasteiger charge is -2.34. The van der Waals surface area contributed by atoms with Crippen molar-refractivity contribution in [3.63, 3.8) is 0 Å². The molecule has 0 aliphatic carbocycles. The molecule has 7 nitrogen and oxygen atoms in total. The number of rotatable bonds is 4. The molecular weight excluding hydrogens is 338 g/mol. The smallest absolute Gasteiger partial charge is 0.317 e. The maximum Gasteiger partial charge on any atom is 0.317 e. The van der Waals surface area contributed by atoms with Crippen LogP contribution in [0.4, 0.5) is 4.79 Å². The third-order valence-electron chi connectivity index (χ3n) is 4.04. The molecule has 1 fully saturated rings. The zero-order chi connectivity index (χ0) is 17.6. The van der Waals surface area contributed by atoms with E-state index in [1.807, 2.05) is 24.4 Å². The van der Waals surface area contributed by atoms with E-state index in [1.165, 1.54) is 11.3 Å². The van der Waals surface area contributed by atoms with Gasteiger partial charge in [-0.25, -0.2) is 9.78 Å². The van der Waals surface area contributed by atoms with Gasteiger partial charge < -0.3 is 15.1 Å². The summed E-state index contributed by atoms with van der Waals surface area (Å²) in [6.07, 6.45) is 3.78. The normalized spacial score (nSPS) is 14.4. The van der Waals surface area contributed by atoms with Gasteiger partial charge in [0.15, 0.2) is 0 Å². The van der Waals surface area contributed by atoms with Crippen molar-refractivity contribution >= 4 is 23.3 Å². The Morgan fingerprint density at radius 3 is 2.68 bits per heavy atom. The number of piperazine rings is 1. The van der Waals surface area contributed by atoms with E-state index in [2.05, 4.69) is 15.3 Å². The quantitative estimate of drug-likeness (QED) is 0.900. The minimum absolute atomic E-state index is 0.0542. The predicted molar refractivity (Wildman–Crippen MR) is 96.3 cm³/mol. The van der Waals surface area contributed by atoms with Gasteiger partial charge >= 0.3 is 6.03 Å². The first kappa shape index (κ1) is 17.3. The summed E-state index contributed by atoms with van der Waals surface area (Å²) in [5.41, 5.74) is 1.74. The molecule has 0 atom stereocenters. The number of carbonyl (C=O) groups is 2. The molecule has 0 unspecified atom stereocenters. The Hall–Kier alpha value is -2.48. The van der Waals surface area contributed by atoms with E-state index in [4.69, 9.17) is 0 Å². The van der Waals surface area contributed by atoms with E-state index in [0.29, 0.717) is 32.7 Å².